The summed E-state index contributed by atoms with van der Waals surface area (Å²) in [5.74, 6) is -2.71. The topological polar surface area (TPSA) is 61.1 Å². The fourth-order valence-electron chi connectivity index (χ4n) is 1.01. The Morgan fingerprint density at radius 3 is 2.45 bits per heavy atom. The molecule has 1 rings (SSSR count). The van der Waals surface area contributed by atoms with Gasteiger partial charge in [0.1, 0.15) is 0 Å². The van der Waals surface area contributed by atoms with E-state index in [1.165, 1.54) is 6.07 Å². The first kappa shape index (κ1) is 7.92. The van der Waals surface area contributed by atoms with Crippen molar-refractivity contribution in [3.05, 3.63) is 0 Å². The average molecular weight is 161 g/mol. The number of carboxylic acids is 1. The zero-order valence-electron chi connectivity index (χ0n) is 5.42. The lowest BCUT2D eigenvalue weighted by atomic mass is 10.1. The zero-order valence-corrected chi connectivity index (χ0v) is 5.42. The first-order chi connectivity index (χ1) is 5.04. The summed E-state index contributed by atoms with van der Waals surface area (Å²) in [6.07, 6.45) is -2.93. The Kier molecular flexibility index (Phi) is 1.55. The summed E-state index contributed by atoms with van der Waals surface area (Å²) >= 11 is 0. The van der Waals surface area contributed by atoms with E-state index in [2.05, 4.69) is 0 Å². The van der Waals surface area contributed by atoms with Gasteiger partial charge < -0.3 is 5.11 Å². The molecule has 1 aliphatic rings. The van der Waals surface area contributed by atoms with Crippen molar-refractivity contribution in [3.63, 3.8) is 0 Å². The molecular formula is C6H5F2NO2. The van der Waals surface area contributed by atoms with Gasteiger partial charge in [-0.15, -0.1) is 0 Å². The zero-order chi connectivity index (χ0) is 8.65. The van der Waals surface area contributed by atoms with E-state index in [1.807, 2.05) is 0 Å². The van der Waals surface area contributed by atoms with Gasteiger partial charge in [0.25, 0.3) is 0 Å². The van der Waals surface area contributed by atoms with E-state index in [0.717, 1.165) is 0 Å². The fraction of sp³-hybridized carbons (Fsp3) is 0.667. The Labute approximate surface area is 61.2 Å². The van der Waals surface area contributed by atoms with E-state index in [1.54, 1.807) is 0 Å². The number of carboxylic acid groups (broad SMARTS) is 1. The third kappa shape index (κ3) is 0.946. The predicted octanol–water partition coefficient (Wildman–Crippen LogP) is 0.866. The molecule has 1 fully saturated rings. The van der Waals surface area contributed by atoms with E-state index >= 15 is 0 Å². The van der Waals surface area contributed by atoms with Crippen LogP contribution in [0.2, 0.25) is 0 Å². The molecule has 0 aromatic rings. The lowest BCUT2D eigenvalue weighted by Gasteiger charge is -1.99. The maximum atomic E-state index is 11.8. The highest BCUT2D eigenvalue weighted by Gasteiger charge is 2.65. The van der Waals surface area contributed by atoms with Gasteiger partial charge in [-0.2, -0.15) is 5.26 Å². The van der Waals surface area contributed by atoms with E-state index < -0.39 is 23.7 Å². The minimum Gasteiger partial charge on any atom is -0.480 e. The summed E-state index contributed by atoms with van der Waals surface area (Å²) in [6.45, 7) is 0. The molecule has 0 radical (unpaired) electrons. The molecule has 0 amide bonds. The van der Waals surface area contributed by atoms with Crippen molar-refractivity contribution in [1.29, 1.82) is 5.26 Å². The molecule has 0 aliphatic heterocycles. The molecule has 0 spiro atoms. The monoisotopic (exact) mass is 161 g/mol. The molecule has 0 saturated heterocycles. The number of alkyl halides is 2. The molecule has 5 heteroatoms. The number of carbonyl (C=O) groups is 1. The molecule has 0 unspecified atom stereocenters. The summed E-state index contributed by atoms with van der Waals surface area (Å²) in [4.78, 5) is 10.3. The Balaban J connectivity index is 2.74. The van der Waals surface area contributed by atoms with Crippen LogP contribution >= 0.6 is 0 Å². The highest BCUT2D eigenvalue weighted by atomic mass is 19.3. The van der Waals surface area contributed by atoms with E-state index in [9.17, 15) is 13.6 Å². The minimum absolute atomic E-state index is 0.226. The molecule has 0 bridgehead atoms. The molecule has 1 saturated carbocycles. The molecule has 1 aliphatic carbocycles. The molecule has 1 N–H and O–H groups in total. The number of hydrogen-bond acceptors (Lipinski definition) is 2. The molecule has 0 heterocycles. The Bertz CT molecular complexity index is 235. The second-order valence-electron chi connectivity index (χ2n) is 2.53. The van der Waals surface area contributed by atoms with Gasteiger partial charge in [-0.05, 0) is 6.42 Å². The number of aliphatic carboxylic acids is 1. The number of nitriles is 1. The van der Waals surface area contributed by atoms with Crippen LogP contribution in [0.5, 0.6) is 0 Å². The number of nitrogens with zero attached hydrogens (tertiary/aromatic N) is 1. The molecule has 0 aromatic carbocycles. The van der Waals surface area contributed by atoms with Crippen LogP contribution in [0.3, 0.4) is 0 Å². The SMILES string of the molecule is N#C[C@@]1(C(=O)O)C[C@H]1C(F)F. The normalized spacial score (nSPS) is 34.9. The van der Waals surface area contributed by atoms with Crippen molar-refractivity contribution in [3.8, 4) is 6.07 Å². The Morgan fingerprint density at radius 2 is 2.36 bits per heavy atom. The molecule has 0 aromatic heterocycles. The fourth-order valence-corrected chi connectivity index (χ4v) is 1.01. The van der Waals surface area contributed by atoms with Crippen LogP contribution in [0.4, 0.5) is 8.78 Å². The van der Waals surface area contributed by atoms with Gasteiger partial charge in [0.2, 0.25) is 6.43 Å². The van der Waals surface area contributed by atoms with Gasteiger partial charge in [0, 0.05) is 0 Å². The first-order valence-electron chi connectivity index (χ1n) is 2.97. The highest BCUT2D eigenvalue weighted by molar-refractivity contribution is 5.82. The largest absolute Gasteiger partial charge is 0.480 e. The standard InChI is InChI=1S/C6H5F2NO2/c7-4(8)3-1-6(3,2-9)5(10)11/h3-4H,1H2,(H,10,11)/t3-,6-/m0/s1. The molecule has 60 valence electrons. The smallest absolute Gasteiger partial charge is 0.324 e. The van der Waals surface area contributed by atoms with Crippen LogP contribution in [-0.4, -0.2) is 17.5 Å². The second kappa shape index (κ2) is 2.16. The summed E-state index contributed by atoms with van der Waals surface area (Å²) in [5.41, 5.74) is -1.80. The maximum Gasteiger partial charge on any atom is 0.324 e. The van der Waals surface area contributed by atoms with Crippen molar-refractivity contribution in [1.82, 2.24) is 0 Å². The lowest BCUT2D eigenvalue weighted by Crippen LogP contribution is -2.17. The van der Waals surface area contributed by atoms with Crippen LogP contribution < -0.4 is 0 Å². The van der Waals surface area contributed by atoms with Crippen LogP contribution in [0, 0.1) is 22.7 Å². The Morgan fingerprint density at radius 1 is 1.82 bits per heavy atom. The highest BCUT2D eigenvalue weighted by Crippen LogP contribution is 2.55. The van der Waals surface area contributed by atoms with Crippen LogP contribution in [0.15, 0.2) is 0 Å². The quantitative estimate of drug-likeness (QED) is 0.653. The molecule has 3 nitrogen and oxygen atoms in total. The van der Waals surface area contributed by atoms with Crippen LogP contribution in [0.25, 0.3) is 0 Å². The van der Waals surface area contributed by atoms with Crippen molar-refractivity contribution in [2.75, 3.05) is 0 Å². The van der Waals surface area contributed by atoms with Gasteiger partial charge in [0.15, 0.2) is 5.41 Å². The number of rotatable bonds is 2. The van der Waals surface area contributed by atoms with Crippen LogP contribution in [0.1, 0.15) is 6.42 Å². The maximum absolute atomic E-state index is 11.8. The summed E-state index contributed by atoms with van der Waals surface area (Å²) in [6, 6.07) is 1.40. The Hall–Kier alpha value is -1.18. The van der Waals surface area contributed by atoms with Gasteiger partial charge in [-0.3, -0.25) is 4.79 Å². The molecule has 11 heavy (non-hydrogen) atoms. The lowest BCUT2D eigenvalue weighted by molar-refractivity contribution is -0.142. The predicted molar refractivity (Wildman–Crippen MR) is 29.8 cm³/mol. The van der Waals surface area contributed by atoms with Crippen molar-refractivity contribution in [2.24, 2.45) is 11.3 Å². The van der Waals surface area contributed by atoms with Crippen molar-refractivity contribution < 1.29 is 18.7 Å². The van der Waals surface area contributed by atoms with E-state index in [-0.39, 0.29) is 6.42 Å². The van der Waals surface area contributed by atoms with Crippen molar-refractivity contribution in [2.45, 2.75) is 12.8 Å². The summed E-state index contributed by atoms with van der Waals surface area (Å²) < 4.78 is 23.7. The first-order valence-corrected chi connectivity index (χ1v) is 2.97. The van der Waals surface area contributed by atoms with Gasteiger partial charge in [0.05, 0.1) is 12.0 Å². The summed E-state index contributed by atoms with van der Waals surface area (Å²) in [5, 5.41) is 16.6. The number of hydrogen-bond donors (Lipinski definition) is 1. The van der Waals surface area contributed by atoms with Gasteiger partial charge >= 0.3 is 5.97 Å². The minimum atomic E-state index is -2.70. The van der Waals surface area contributed by atoms with Gasteiger partial charge in [-0.1, -0.05) is 0 Å². The molecular weight excluding hydrogens is 156 g/mol. The third-order valence-electron chi connectivity index (χ3n) is 1.90. The van der Waals surface area contributed by atoms with Crippen LogP contribution in [-0.2, 0) is 4.79 Å². The average Bonchev–Trinajstić information content (AvgIpc) is 2.62. The van der Waals surface area contributed by atoms with Crippen molar-refractivity contribution >= 4 is 5.97 Å². The molecule has 2 atom stereocenters. The second-order valence-corrected chi connectivity index (χ2v) is 2.53. The third-order valence-corrected chi connectivity index (χ3v) is 1.90. The number of halogens is 2. The van der Waals surface area contributed by atoms with E-state index in [4.69, 9.17) is 10.4 Å². The van der Waals surface area contributed by atoms with Gasteiger partial charge in [-0.25, -0.2) is 8.78 Å². The summed E-state index contributed by atoms with van der Waals surface area (Å²) in [7, 11) is 0. The van der Waals surface area contributed by atoms with E-state index in [0.29, 0.717) is 0 Å².